The first-order valence-corrected chi connectivity index (χ1v) is 11.7. The van der Waals surface area contributed by atoms with Crippen LogP contribution < -0.4 is 5.32 Å². The van der Waals surface area contributed by atoms with Crippen molar-refractivity contribution in [1.82, 2.24) is 19.9 Å². The van der Waals surface area contributed by atoms with E-state index < -0.39 is 11.9 Å². The van der Waals surface area contributed by atoms with Gasteiger partial charge in [0.05, 0.1) is 24.6 Å². The molecule has 6 rings (SSSR count). The minimum absolute atomic E-state index is 0.0962. The summed E-state index contributed by atoms with van der Waals surface area (Å²) in [5.74, 6) is 0.420. The quantitative estimate of drug-likeness (QED) is 0.574. The lowest BCUT2D eigenvalue weighted by Crippen LogP contribution is -2.45. The van der Waals surface area contributed by atoms with Crippen molar-refractivity contribution in [3.63, 3.8) is 0 Å². The average Bonchev–Trinajstić information content (AvgIpc) is 3.42. The number of nitrogens with zero attached hydrogens (tertiary/aromatic N) is 3. The zero-order valence-corrected chi connectivity index (χ0v) is 19.2. The van der Waals surface area contributed by atoms with Crippen molar-refractivity contribution in [2.75, 3.05) is 31.6 Å². The number of ether oxygens (including phenoxy) is 1. The molecule has 0 spiro atoms. The van der Waals surface area contributed by atoms with E-state index in [1.165, 1.54) is 17.5 Å². The first kappa shape index (κ1) is 21.9. The SMILES string of the molecule is CC12COCC1(C)CN(C1CCc3ccccc3C1Nc1ncnc3[nH]c(C(F)(F)F)cc13)C2. The molecule has 3 aromatic rings. The van der Waals surface area contributed by atoms with Gasteiger partial charge in [-0.3, -0.25) is 4.90 Å². The minimum Gasteiger partial charge on any atom is -0.380 e. The van der Waals surface area contributed by atoms with E-state index in [1.807, 2.05) is 12.1 Å². The van der Waals surface area contributed by atoms with E-state index in [1.54, 1.807) is 0 Å². The van der Waals surface area contributed by atoms with Gasteiger partial charge in [0, 0.05) is 30.0 Å². The zero-order valence-electron chi connectivity index (χ0n) is 19.2. The van der Waals surface area contributed by atoms with Crippen molar-refractivity contribution in [3.05, 3.63) is 53.5 Å². The number of alkyl halides is 3. The molecule has 3 aliphatic rings. The number of nitrogens with one attached hydrogen (secondary N) is 2. The van der Waals surface area contributed by atoms with Crippen LogP contribution in [0.15, 0.2) is 36.7 Å². The van der Waals surface area contributed by atoms with Gasteiger partial charge in [0.2, 0.25) is 0 Å². The van der Waals surface area contributed by atoms with Crippen LogP contribution in [0.3, 0.4) is 0 Å². The zero-order chi connectivity index (χ0) is 23.7. The van der Waals surface area contributed by atoms with Gasteiger partial charge in [0.1, 0.15) is 23.5 Å². The number of benzene rings is 1. The van der Waals surface area contributed by atoms with Gasteiger partial charge in [-0.05, 0) is 30.0 Å². The van der Waals surface area contributed by atoms with Crippen LogP contribution in [0.5, 0.6) is 0 Å². The number of H-pyrrole nitrogens is 1. The topological polar surface area (TPSA) is 66.1 Å². The molecule has 9 heteroatoms. The van der Waals surface area contributed by atoms with Gasteiger partial charge >= 0.3 is 6.18 Å². The van der Waals surface area contributed by atoms with Crippen LogP contribution in [-0.4, -0.2) is 52.2 Å². The Labute approximate surface area is 195 Å². The highest BCUT2D eigenvalue weighted by molar-refractivity contribution is 5.88. The number of aromatic nitrogens is 3. The molecule has 2 N–H and O–H groups in total. The fraction of sp³-hybridized carbons (Fsp3) is 0.520. The van der Waals surface area contributed by atoms with Crippen molar-refractivity contribution in [2.45, 2.75) is 44.9 Å². The van der Waals surface area contributed by atoms with Crippen LogP contribution in [0.25, 0.3) is 11.0 Å². The van der Waals surface area contributed by atoms with E-state index in [0.717, 1.165) is 45.2 Å². The minimum atomic E-state index is -4.47. The molecular weight excluding hydrogens is 443 g/mol. The van der Waals surface area contributed by atoms with Crippen molar-refractivity contribution < 1.29 is 17.9 Å². The molecule has 0 bridgehead atoms. The molecule has 4 atom stereocenters. The highest BCUT2D eigenvalue weighted by Crippen LogP contribution is 2.52. The predicted molar refractivity (Wildman–Crippen MR) is 122 cm³/mol. The lowest BCUT2D eigenvalue weighted by atomic mass is 9.71. The van der Waals surface area contributed by atoms with Crippen molar-refractivity contribution >= 4 is 16.9 Å². The summed E-state index contributed by atoms with van der Waals surface area (Å²) < 4.78 is 45.9. The van der Waals surface area contributed by atoms with E-state index in [0.29, 0.717) is 11.2 Å². The van der Waals surface area contributed by atoms with Crippen molar-refractivity contribution in [1.29, 1.82) is 0 Å². The van der Waals surface area contributed by atoms with E-state index in [2.05, 4.69) is 51.1 Å². The summed E-state index contributed by atoms with van der Waals surface area (Å²) in [4.78, 5) is 13.4. The number of anilines is 1. The summed E-state index contributed by atoms with van der Waals surface area (Å²) in [6.45, 7) is 8.03. The number of halogens is 3. The Morgan fingerprint density at radius 3 is 2.59 bits per heavy atom. The van der Waals surface area contributed by atoms with E-state index in [-0.39, 0.29) is 28.6 Å². The van der Waals surface area contributed by atoms with Crippen molar-refractivity contribution in [2.24, 2.45) is 10.8 Å². The molecule has 1 aliphatic carbocycles. The number of rotatable bonds is 3. The second kappa shape index (κ2) is 7.42. The van der Waals surface area contributed by atoms with Gasteiger partial charge in [-0.1, -0.05) is 38.1 Å². The summed E-state index contributed by atoms with van der Waals surface area (Å²) >= 11 is 0. The standard InChI is InChI=1S/C25H28F3N5O/c1-23-10-33(11-24(23,2)13-34-12-23)18-8-7-15-5-3-4-6-16(15)20(18)32-22-17-9-19(25(26,27)28)31-21(17)29-14-30-22/h3-6,9,14,18,20H,7-8,10-13H2,1-2H3,(H2,29,30,31,32). The molecule has 180 valence electrons. The normalized spacial score (nSPS) is 31.6. The Morgan fingerprint density at radius 1 is 1.12 bits per heavy atom. The van der Waals surface area contributed by atoms with Gasteiger partial charge < -0.3 is 15.0 Å². The average molecular weight is 472 g/mol. The number of aryl methyl sites for hydroxylation is 1. The Bertz CT molecular complexity index is 1220. The van der Waals surface area contributed by atoms with Crippen LogP contribution in [0, 0.1) is 10.8 Å². The summed E-state index contributed by atoms with van der Waals surface area (Å²) in [5.41, 5.74) is 2.00. The summed E-state index contributed by atoms with van der Waals surface area (Å²) in [6.07, 6.45) is -1.22. The van der Waals surface area contributed by atoms with Crippen LogP contribution in [-0.2, 0) is 17.3 Å². The molecule has 0 amide bonds. The lowest BCUT2D eigenvalue weighted by Gasteiger charge is -2.40. The molecule has 6 nitrogen and oxygen atoms in total. The largest absolute Gasteiger partial charge is 0.431 e. The number of aromatic amines is 1. The van der Waals surface area contributed by atoms with Gasteiger partial charge in [0.15, 0.2) is 0 Å². The first-order chi connectivity index (χ1) is 16.2. The number of likely N-dealkylation sites (tertiary alicyclic amines) is 1. The molecule has 0 radical (unpaired) electrons. The molecular formula is C25H28F3N5O. The van der Waals surface area contributed by atoms with Gasteiger partial charge in [0.25, 0.3) is 0 Å². The summed E-state index contributed by atoms with van der Waals surface area (Å²) in [6, 6.07) is 9.53. The lowest BCUT2D eigenvalue weighted by molar-refractivity contribution is -0.140. The Morgan fingerprint density at radius 2 is 1.85 bits per heavy atom. The molecule has 2 aromatic heterocycles. The van der Waals surface area contributed by atoms with Crippen LogP contribution in [0.4, 0.5) is 19.0 Å². The molecule has 1 aromatic carbocycles. The smallest absolute Gasteiger partial charge is 0.380 e. The van der Waals surface area contributed by atoms with Crippen LogP contribution in [0.1, 0.15) is 43.1 Å². The third-order valence-corrected chi connectivity index (χ3v) is 8.38. The third-order valence-electron chi connectivity index (χ3n) is 8.38. The van der Waals surface area contributed by atoms with E-state index in [9.17, 15) is 13.2 Å². The molecule has 2 saturated heterocycles. The highest BCUT2D eigenvalue weighted by Gasteiger charge is 2.57. The fourth-order valence-corrected chi connectivity index (χ4v) is 6.17. The van der Waals surface area contributed by atoms with Crippen LogP contribution >= 0.6 is 0 Å². The van der Waals surface area contributed by atoms with Crippen LogP contribution in [0.2, 0.25) is 0 Å². The first-order valence-electron chi connectivity index (χ1n) is 11.7. The molecule has 2 fully saturated rings. The summed E-state index contributed by atoms with van der Waals surface area (Å²) in [5, 5.41) is 3.90. The maximum atomic E-state index is 13.3. The second-order valence-corrected chi connectivity index (χ2v) is 10.6. The maximum Gasteiger partial charge on any atom is 0.431 e. The predicted octanol–water partition coefficient (Wildman–Crippen LogP) is 4.80. The Hall–Kier alpha value is -2.65. The molecule has 34 heavy (non-hydrogen) atoms. The van der Waals surface area contributed by atoms with Gasteiger partial charge in [-0.15, -0.1) is 0 Å². The van der Waals surface area contributed by atoms with Gasteiger partial charge in [-0.2, -0.15) is 13.2 Å². The summed E-state index contributed by atoms with van der Waals surface area (Å²) in [7, 11) is 0. The number of fused-ring (bicyclic) bond motifs is 3. The second-order valence-electron chi connectivity index (χ2n) is 10.6. The molecule has 4 unspecified atom stereocenters. The van der Waals surface area contributed by atoms with E-state index >= 15 is 0 Å². The highest BCUT2D eigenvalue weighted by atomic mass is 19.4. The van der Waals surface area contributed by atoms with E-state index in [4.69, 9.17) is 4.74 Å². The maximum absolute atomic E-state index is 13.3. The Kier molecular flexibility index (Phi) is 4.77. The third kappa shape index (κ3) is 3.32. The number of hydrogen-bond donors (Lipinski definition) is 2. The molecule has 0 saturated carbocycles. The van der Waals surface area contributed by atoms with Crippen molar-refractivity contribution in [3.8, 4) is 0 Å². The number of hydrogen-bond acceptors (Lipinski definition) is 5. The monoisotopic (exact) mass is 471 g/mol. The van der Waals surface area contributed by atoms with Gasteiger partial charge in [-0.25, -0.2) is 9.97 Å². The fourth-order valence-electron chi connectivity index (χ4n) is 6.17. The Balaban J connectivity index is 1.39. The molecule has 4 heterocycles. The molecule has 2 aliphatic heterocycles.